The highest BCUT2D eigenvalue weighted by Crippen LogP contribution is 2.29. The van der Waals surface area contributed by atoms with Crippen LogP contribution in [0.4, 0.5) is 5.69 Å². The molecule has 2 atom stereocenters. The molecular formula is C16H23IN4O. The van der Waals surface area contributed by atoms with Gasteiger partial charge in [0, 0.05) is 25.3 Å². The first-order chi connectivity index (χ1) is 10.2. The molecule has 5 nitrogen and oxygen atoms in total. The van der Waals surface area contributed by atoms with E-state index in [2.05, 4.69) is 28.6 Å². The maximum atomic E-state index is 12.4. The van der Waals surface area contributed by atoms with Crippen LogP contribution in [0.25, 0.3) is 0 Å². The van der Waals surface area contributed by atoms with E-state index in [1.54, 1.807) is 7.05 Å². The number of para-hydroxylation sites is 1. The third-order valence-corrected chi connectivity index (χ3v) is 4.25. The number of anilines is 1. The van der Waals surface area contributed by atoms with E-state index in [4.69, 9.17) is 0 Å². The molecule has 1 saturated carbocycles. The number of hydrogen-bond donors (Lipinski definition) is 2. The van der Waals surface area contributed by atoms with Crippen molar-refractivity contribution in [1.82, 2.24) is 10.6 Å². The Morgan fingerprint density at radius 2 is 2.14 bits per heavy atom. The average Bonchev–Trinajstić information content (AvgIpc) is 3.02. The summed E-state index contributed by atoms with van der Waals surface area (Å²) in [5.41, 5.74) is 2.29. The Balaban J connectivity index is 0.00000176. The summed E-state index contributed by atoms with van der Waals surface area (Å²) in [7, 11) is 1.73. The first kappa shape index (κ1) is 17.1. The monoisotopic (exact) mass is 414 g/mol. The SMILES string of the molecule is CN=C(NCC(=O)N1CCc2ccccc21)NC1CC1C.I. The fourth-order valence-corrected chi connectivity index (χ4v) is 2.75. The normalized spacial score (nSPS) is 22.6. The molecule has 0 bridgehead atoms. The van der Waals surface area contributed by atoms with Gasteiger partial charge in [-0.3, -0.25) is 9.79 Å². The Morgan fingerprint density at radius 1 is 1.41 bits per heavy atom. The molecule has 0 aromatic heterocycles. The number of aliphatic imine (C=N–C) groups is 1. The van der Waals surface area contributed by atoms with E-state index >= 15 is 0 Å². The largest absolute Gasteiger partial charge is 0.353 e. The molecule has 3 rings (SSSR count). The molecule has 1 aliphatic heterocycles. The highest BCUT2D eigenvalue weighted by Gasteiger charge is 2.33. The third kappa shape index (κ3) is 3.71. The van der Waals surface area contributed by atoms with E-state index in [1.807, 2.05) is 23.1 Å². The summed E-state index contributed by atoms with van der Waals surface area (Å²) in [4.78, 5) is 18.4. The summed E-state index contributed by atoms with van der Waals surface area (Å²) in [5, 5.41) is 6.44. The summed E-state index contributed by atoms with van der Waals surface area (Å²) in [6.45, 7) is 3.25. The minimum atomic E-state index is 0. The maximum Gasteiger partial charge on any atom is 0.246 e. The van der Waals surface area contributed by atoms with Crippen LogP contribution in [0.15, 0.2) is 29.3 Å². The van der Waals surface area contributed by atoms with Crippen LogP contribution >= 0.6 is 24.0 Å². The summed E-state index contributed by atoms with van der Waals surface area (Å²) in [6.07, 6.45) is 2.11. The Bertz CT molecular complexity index is 575. The van der Waals surface area contributed by atoms with Gasteiger partial charge in [0.1, 0.15) is 0 Å². The molecule has 1 aliphatic carbocycles. The van der Waals surface area contributed by atoms with E-state index < -0.39 is 0 Å². The number of carbonyl (C=O) groups is 1. The van der Waals surface area contributed by atoms with E-state index in [0.717, 1.165) is 18.7 Å². The van der Waals surface area contributed by atoms with Crippen molar-refractivity contribution in [3.8, 4) is 0 Å². The van der Waals surface area contributed by atoms with Gasteiger partial charge in [-0.05, 0) is 30.4 Å². The van der Waals surface area contributed by atoms with Crippen molar-refractivity contribution in [3.63, 3.8) is 0 Å². The van der Waals surface area contributed by atoms with Gasteiger partial charge in [-0.25, -0.2) is 0 Å². The van der Waals surface area contributed by atoms with Gasteiger partial charge in [-0.1, -0.05) is 25.1 Å². The standard InChI is InChI=1S/C16H22N4O.HI/c1-11-9-13(11)19-16(17-2)18-10-15(21)20-8-7-12-5-3-4-6-14(12)20;/h3-6,11,13H,7-10H2,1-2H3,(H2,17,18,19);1H. The lowest BCUT2D eigenvalue weighted by Gasteiger charge is -2.18. The van der Waals surface area contributed by atoms with E-state index in [-0.39, 0.29) is 36.4 Å². The average molecular weight is 414 g/mol. The third-order valence-electron chi connectivity index (χ3n) is 4.25. The van der Waals surface area contributed by atoms with Crippen molar-refractivity contribution in [2.45, 2.75) is 25.8 Å². The van der Waals surface area contributed by atoms with Crippen molar-refractivity contribution < 1.29 is 4.79 Å². The van der Waals surface area contributed by atoms with Gasteiger partial charge in [0.15, 0.2) is 5.96 Å². The van der Waals surface area contributed by atoms with Crippen LogP contribution in [0.2, 0.25) is 0 Å². The quantitative estimate of drug-likeness (QED) is 0.451. The Labute approximate surface area is 148 Å². The summed E-state index contributed by atoms with van der Waals surface area (Å²) in [6, 6.07) is 8.60. The van der Waals surface area contributed by atoms with E-state index in [9.17, 15) is 4.79 Å². The van der Waals surface area contributed by atoms with Gasteiger partial charge >= 0.3 is 0 Å². The molecule has 1 amide bonds. The minimum absolute atomic E-state index is 0. The molecule has 0 spiro atoms. The van der Waals surface area contributed by atoms with Gasteiger partial charge < -0.3 is 15.5 Å². The topological polar surface area (TPSA) is 56.7 Å². The molecule has 120 valence electrons. The molecule has 1 heterocycles. The van der Waals surface area contributed by atoms with Crippen LogP contribution in [0.1, 0.15) is 18.9 Å². The van der Waals surface area contributed by atoms with Crippen molar-refractivity contribution in [3.05, 3.63) is 29.8 Å². The second kappa shape index (κ2) is 7.30. The zero-order valence-electron chi connectivity index (χ0n) is 13.0. The van der Waals surface area contributed by atoms with Crippen molar-refractivity contribution in [2.75, 3.05) is 25.0 Å². The fraction of sp³-hybridized carbons (Fsp3) is 0.500. The smallest absolute Gasteiger partial charge is 0.246 e. The Morgan fingerprint density at radius 3 is 2.82 bits per heavy atom. The zero-order valence-corrected chi connectivity index (χ0v) is 15.3. The maximum absolute atomic E-state index is 12.4. The number of carbonyl (C=O) groups excluding carboxylic acids is 1. The van der Waals surface area contributed by atoms with Crippen LogP contribution in [0.3, 0.4) is 0 Å². The summed E-state index contributed by atoms with van der Waals surface area (Å²) < 4.78 is 0. The number of guanidine groups is 1. The molecule has 22 heavy (non-hydrogen) atoms. The lowest BCUT2D eigenvalue weighted by atomic mass is 10.2. The van der Waals surface area contributed by atoms with E-state index in [0.29, 0.717) is 17.9 Å². The van der Waals surface area contributed by atoms with Crippen LogP contribution in [-0.2, 0) is 11.2 Å². The first-order valence-corrected chi connectivity index (χ1v) is 7.54. The number of benzene rings is 1. The summed E-state index contributed by atoms with van der Waals surface area (Å²) >= 11 is 0. The second-order valence-corrected chi connectivity index (χ2v) is 5.81. The van der Waals surface area contributed by atoms with Crippen LogP contribution in [0.5, 0.6) is 0 Å². The number of nitrogens with zero attached hydrogens (tertiary/aromatic N) is 2. The number of amides is 1. The lowest BCUT2D eigenvalue weighted by Crippen LogP contribution is -2.45. The number of rotatable bonds is 3. The van der Waals surface area contributed by atoms with E-state index in [1.165, 1.54) is 12.0 Å². The van der Waals surface area contributed by atoms with Crippen LogP contribution in [0, 0.1) is 5.92 Å². The molecule has 6 heteroatoms. The highest BCUT2D eigenvalue weighted by atomic mass is 127. The van der Waals surface area contributed by atoms with Crippen LogP contribution in [-0.4, -0.2) is 38.0 Å². The number of nitrogens with one attached hydrogen (secondary N) is 2. The van der Waals surface area contributed by atoms with Gasteiger partial charge in [-0.15, -0.1) is 24.0 Å². The van der Waals surface area contributed by atoms with Crippen LogP contribution < -0.4 is 15.5 Å². The number of hydrogen-bond acceptors (Lipinski definition) is 2. The molecule has 2 aliphatic rings. The molecule has 1 aromatic rings. The molecule has 2 N–H and O–H groups in total. The molecule has 0 saturated heterocycles. The molecular weight excluding hydrogens is 391 g/mol. The summed E-state index contributed by atoms with van der Waals surface area (Å²) in [5.74, 6) is 1.50. The number of fused-ring (bicyclic) bond motifs is 1. The number of halogens is 1. The van der Waals surface area contributed by atoms with Gasteiger partial charge in [0.25, 0.3) is 0 Å². The van der Waals surface area contributed by atoms with Gasteiger partial charge in [0.05, 0.1) is 6.54 Å². The highest BCUT2D eigenvalue weighted by molar-refractivity contribution is 14.0. The molecule has 0 radical (unpaired) electrons. The lowest BCUT2D eigenvalue weighted by molar-refractivity contribution is -0.117. The molecule has 1 aromatic carbocycles. The Kier molecular flexibility index (Phi) is 5.66. The zero-order chi connectivity index (χ0) is 14.8. The fourth-order valence-electron chi connectivity index (χ4n) is 2.75. The predicted octanol–water partition coefficient (Wildman–Crippen LogP) is 1.77. The molecule has 1 fully saturated rings. The van der Waals surface area contributed by atoms with Crippen molar-refractivity contribution in [1.29, 1.82) is 0 Å². The predicted molar refractivity (Wildman–Crippen MR) is 100.0 cm³/mol. The van der Waals surface area contributed by atoms with Crippen molar-refractivity contribution in [2.24, 2.45) is 10.9 Å². The first-order valence-electron chi connectivity index (χ1n) is 7.54. The van der Waals surface area contributed by atoms with Crippen molar-refractivity contribution >= 4 is 41.5 Å². The molecule has 2 unspecified atom stereocenters. The second-order valence-electron chi connectivity index (χ2n) is 5.81. The van der Waals surface area contributed by atoms with Gasteiger partial charge in [-0.2, -0.15) is 0 Å². The Hall–Kier alpha value is -1.31. The minimum Gasteiger partial charge on any atom is -0.353 e. The van der Waals surface area contributed by atoms with Gasteiger partial charge in [0.2, 0.25) is 5.91 Å².